The molecule has 0 aliphatic carbocycles. The molecule has 0 atom stereocenters. The highest BCUT2D eigenvalue weighted by molar-refractivity contribution is 7.89. The third kappa shape index (κ3) is 3.03. The van der Waals surface area contributed by atoms with Crippen molar-refractivity contribution in [1.82, 2.24) is 19.1 Å². The van der Waals surface area contributed by atoms with E-state index in [1.54, 1.807) is 0 Å². The van der Waals surface area contributed by atoms with Crippen LogP contribution in [-0.2, 0) is 14.8 Å². The number of ether oxygens (including phenoxy) is 1. The standard InChI is InChI=1S/C12H14Cl2N6O3S/c13-8-5-7(20-12(16)17-11(15)18-20)6-9(14)10(8)24(21,22)19-1-3-23-4-2-19/h5-6H,1-4H2,(H4,15,16,17,18). The normalized spacial score (nSPS) is 16.4. The van der Waals surface area contributed by atoms with Crippen LogP contribution < -0.4 is 11.5 Å². The van der Waals surface area contributed by atoms with E-state index in [-0.39, 0.29) is 39.9 Å². The van der Waals surface area contributed by atoms with Gasteiger partial charge in [-0.2, -0.15) is 14.0 Å². The zero-order valence-electron chi connectivity index (χ0n) is 12.3. The van der Waals surface area contributed by atoms with Crippen molar-refractivity contribution in [3.63, 3.8) is 0 Å². The number of nitrogens with zero attached hydrogens (tertiary/aromatic N) is 4. The lowest BCUT2D eigenvalue weighted by Crippen LogP contribution is -2.40. The third-order valence-electron chi connectivity index (χ3n) is 3.44. The fourth-order valence-electron chi connectivity index (χ4n) is 2.36. The van der Waals surface area contributed by atoms with E-state index in [0.717, 1.165) is 0 Å². The summed E-state index contributed by atoms with van der Waals surface area (Å²) in [5.41, 5.74) is 11.5. The number of halogens is 2. The molecule has 24 heavy (non-hydrogen) atoms. The summed E-state index contributed by atoms with van der Waals surface area (Å²) in [5.74, 6) is 0.00757. The molecule has 0 bridgehead atoms. The number of aromatic nitrogens is 3. The van der Waals surface area contributed by atoms with Crippen molar-refractivity contribution in [1.29, 1.82) is 0 Å². The predicted octanol–water partition coefficient (Wildman–Crippen LogP) is 0.759. The number of hydrogen-bond donors (Lipinski definition) is 2. The minimum Gasteiger partial charge on any atom is -0.379 e. The van der Waals surface area contributed by atoms with Gasteiger partial charge in [0.1, 0.15) is 4.90 Å². The zero-order valence-corrected chi connectivity index (χ0v) is 14.6. The molecule has 0 spiro atoms. The number of nitrogen functional groups attached to an aromatic ring is 2. The number of rotatable bonds is 3. The van der Waals surface area contributed by atoms with Crippen LogP contribution in [0.25, 0.3) is 5.69 Å². The molecule has 4 N–H and O–H groups in total. The monoisotopic (exact) mass is 392 g/mol. The fourth-order valence-corrected chi connectivity index (χ4v) is 4.92. The van der Waals surface area contributed by atoms with Crippen molar-refractivity contribution in [3.05, 3.63) is 22.2 Å². The largest absolute Gasteiger partial charge is 0.379 e. The van der Waals surface area contributed by atoms with Gasteiger partial charge in [0.2, 0.25) is 21.9 Å². The van der Waals surface area contributed by atoms with Gasteiger partial charge in [-0.25, -0.2) is 8.42 Å². The summed E-state index contributed by atoms with van der Waals surface area (Å²) in [4.78, 5) is 3.61. The van der Waals surface area contributed by atoms with Crippen molar-refractivity contribution in [3.8, 4) is 5.69 Å². The summed E-state index contributed by atoms with van der Waals surface area (Å²) < 4.78 is 33.2. The van der Waals surface area contributed by atoms with Crippen LogP contribution in [0.1, 0.15) is 0 Å². The lowest BCUT2D eigenvalue weighted by molar-refractivity contribution is 0.0730. The Morgan fingerprint density at radius 1 is 1.12 bits per heavy atom. The topological polar surface area (TPSA) is 129 Å². The molecule has 0 saturated carbocycles. The summed E-state index contributed by atoms with van der Waals surface area (Å²) in [6, 6.07) is 2.79. The zero-order chi connectivity index (χ0) is 17.5. The van der Waals surface area contributed by atoms with Gasteiger partial charge in [0, 0.05) is 13.1 Å². The molecule has 12 heteroatoms. The molecule has 2 heterocycles. The van der Waals surface area contributed by atoms with E-state index in [0.29, 0.717) is 18.9 Å². The molecule has 1 aliphatic heterocycles. The van der Waals surface area contributed by atoms with Crippen LogP contribution in [0.5, 0.6) is 0 Å². The molecular weight excluding hydrogens is 379 g/mol. The number of morpholine rings is 1. The molecule has 0 amide bonds. The van der Waals surface area contributed by atoms with Crippen LogP contribution in [0, 0.1) is 0 Å². The van der Waals surface area contributed by atoms with Gasteiger partial charge in [-0.3, -0.25) is 0 Å². The Labute approximate surface area is 148 Å². The first-order valence-electron chi connectivity index (χ1n) is 6.86. The summed E-state index contributed by atoms with van der Waals surface area (Å²) in [5, 5.41) is 3.82. The Balaban J connectivity index is 2.06. The highest BCUT2D eigenvalue weighted by atomic mass is 35.5. The first-order chi connectivity index (χ1) is 11.3. The van der Waals surface area contributed by atoms with Gasteiger partial charge in [0.25, 0.3) is 0 Å². The minimum atomic E-state index is -3.84. The van der Waals surface area contributed by atoms with Gasteiger partial charge in [-0.15, -0.1) is 5.10 Å². The second-order valence-corrected chi connectivity index (χ2v) is 7.68. The Bertz CT molecular complexity index is 856. The van der Waals surface area contributed by atoms with Crippen LogP contribution in [0.3, 0.4) is 0 Å². The third-order valence-corrected chi connectivity index (χ3v) is 6.27. The van der Waals surface area contributed by atoms with Crippen LogP contribution >= 0.6 is 23.2 Å². The summed E-state index contributed by atoms with van der Waals surface area (Å²) in [7, 11) is -3.84. The maximum Gasteiger partial charge on any atom is 0.246 e. The van der Waals surface area contributed by atoms with Crippen LogP contribution in [0.4, 0.5) is 11.9 Å². The van der Waals surface area contributed by atoms with Gasteiger partial charge in [0.05, 0.1) is 28.9 Å². The Morgan fingerprint density at radius 3 is 2.21 bits per heavy atom. The molecule has 1 aromatic carbocycles. The number of anilines is 2. The maximum absolute atomic E-state index is 12.8. The first-order valence-corrected chi connectivity index (χ1v) is 9.05. The van der Waals surface area contributed by atoms with E-state index in [2.05, 4.69) is 10.1 Å². The predicted molar refractivity (Wildman–Crippen MR) is 89.8 cm³/mol. The molecule has 3 rings (SSSR count). The van der Waals surface area contributed by atoms with Gasteiger partial charge < -0.3 is 16.2 Å². The van der Waals surface area contributed by atoms with E-state index >= 15 is 0 Å². The average Bonchev–Trinajstić information content (AvgIpc) is 2.86. The van der Waals surface area contributed by atoms with Crippen molar-refractivity contribution in [2.24, 2.45) is 0 Å². The van der Waals surface area contributed by atoms with E-state index in [9.17, 15) is 8.42 Å². The van der Waals surface area contributed by atoms with Crippen molar-refractivity contribution < 1.29 is 13.2 Å². The van der Waals surface area contributed by atoms with Crippen LogP contribution in [0.15, 0.2) is 17.0 Å². The molecule has 1 aliphatic rings. The Kier molecular flexibility index (Phi) is 4.58. The summed E-state index contributed by atoms with van der Waals surface area (Å²) >= 11 is 12.4. The number of sulfonamides is 1. The van der Waals surface area contributed by atoms with Crippen LogP contribution in [-0.4, -0.2) is 53.8 Å². The van der Waals surface area contributed by atoms with Crippen molar-refractivity contribution in [2.45, 2.75) is 4.90 Å². The molecule has 0 unspecified atom stereocenters. The molecule has 9 nitrogen and oxygen atoms in total. The van der Waals surface area contributed by atoms with Gasteiger partial charge in [-0.1, -0.05) is 23.2 Å². The highest BCUT2D eigenvalue weighted by Gasteiger charge is 2.31. The summed E-state index contributed by atoms with van der Waals surface area (Å²) in [6.07, 6.45) is 0. The van der Waals surface area contributed by atoms with Gasteiger partial charge in [-0.05, 0) is 12.1 Å². The lowest BCUT2D eigenvalue weighted by Gasteiger charge is -2.26. The van der Waals surface area contributed by atoms with Crippen LogP contribution in [0.2, 0.25) is 10.0 Å². The Morgan fingerprint density at radius 2 is 1.71 bits per heavy atom. The molecule has 2 aromatic rings. The second kappa shape index (κ2) is 6.37. The molecular formula is C12H14Cl2N6O3S. The van der Waals surface area contributed by atoms with Gasteiger partial charge in [0.15, 0.2) is 0 Å². The molecule has 1 fully saturated rings. The number of benzene rings is 1. The number of hydrogen-bond acceptors (Lipinski definition) is 7. The average molecular weight is 393 g/mol. The molecule has 0 radical (unpaired) electrons. The molecule has 130 valence electrons. The minimum absolute atomic E-state index is 0.0234. The second-order valence-electron chi connectivity index (χ2n) is 5.00. The Hall–Kier alpha value is -1.59. The van der Waals surface area contributed by atoms with Crippen molar-refractivity contribution in [2.75, 3.05) is 37.8 Å². The molecule has 1 saturated heterocycles. The smallest absolute Gasteiger partial charge is 0.246 e. The van der Waals surface area contributed by atoms with Crippen molar-refractivity contribution >= 4 is 45.1 Å². The summed E-state index contributed by atoms with van der Waals surface area (Å²) in [6.45, 7) is 1.12. The van der Waals surface area contributed by atoms with Gasteiger partial charge >= 0.3 is 0 Å². The number of nitrogens with two attached hydrogens (primary N) is 2. The van der Waals surface area contributed by atoms with E-state index in [1.165, 1.54) is 21.1 Å². The fraction of sp³-hybridized carbons (Fsp3) is 0.333. The van der Waals surface area contributed by atoms with E-state index < -0.39 is 10.0 Å². The quantitative estimate of drug-likeness (QED) is 0.788. The van der Waals surface area contributed by atoms with E-state index in [4.69, 9.17) is 39.4 Å². The van der Waals surface area contributed by atoms with E-state index in [1.807, 2.05) is 0 Å². The first kappa shape index (κ1) is 17.2. The molecule has 1 aromatic heterocycles. The lowest BCUT2D eigenvalue weighted by atomic mass is 10.3. The maximum atomic E-state index is 12.8. The SMILES string of the molecule is Nc1nc(N)n(-c2cc(Cl)c(S(=O)(=O)N3CCOCC3)c(Cl)c2)n1. The highest BCUT2D eigenvalue weighted by Crippen LogP contribution is 2.34.